The van der Waals surface area contributed by atoms with E-state index in [0.29, 0.717) is 19.5 Å². The zero-order valence-electron chi connectivity index (χ0n) is 17.0. The zero-order valence-corrected chi connectivity index (χ0v) is 17.8. The van der Waals surface area contributed by atoms with Crippen molar-refractivity contribution >= 4 is 29.3 Å². The molecule has 0 aliphatic carbocycles. The highest BCUT2D eigenvalue weighted by Crippen LogP contribution is 2.21. The van der Waals surface area contributed by atoms with E-state index in [1.807, 2.05) is 47.6 Å². The molecule has 3 heterocycles. The summed E-state index contributed by atoms with van der Waals surface area (Å²) in [6.07, 6.45) is 2.04. The van der Waals surface area contributed by atoms with Crippen LogP contribution in [0.15, 0.2) is 47.6 Å². The maximum atomic E-state index is 12.7. The van der Waals surface area contributed by atoms with Crippen molar-refractivity contribution in [2.75, 3.05) is 45.2 Å². The summed E-state index contributed by atoms with van der Waals surface area (Å²) in [4.78, 5) is 18.0. The third-order valence-corrected chi connectivity index (χ3v) is 5.48. The Balaban J connectivity index is 0.00000160. The van der Waals surface area contributed by atoms with E-state index < -0.39 is 0 Å². The summed E-state index contributed by atoms with van der Waals surface area (Å²) in [5.41, 5.74) is 1.78. The lowest BCUT2D eigenvalue weighted by Crippen LogP contribution is -2.49. The number of aromatic nitrogens is 4. The van der Waals surface area contributed by atoms with Crippen molar-refractivity contribution < 1.29 is 15.7 Å². The molecule has 11 heteroatoms. The van der Waals surface area contributed by atoms with Crippen LogP contribution in [0, 0.1) is 0 Å². The number of anilines is 1. The van der Waals surface area contributed by atoms with Crippen LogP contribution in [-0.2, 0) is 11.2 Å². The molecule has 0 bridgehead atoms. The van der Waals surface area contributed by atoms with Gasteiger partial charge in [-0.25, -0.2) is 0 Å². The summed E-state index contributed by atoms with van der Waals surface area (Å²) < 4.78 is 3.72. The van der Waals surface area contributed by atoms with Gasteiger partial charge in [-0.1, -0.05) is 12.1 Å². The molecule has 3 aromatic rings. The van der Waals surface area contributed by atoms with Crippen LogP contribution in [0.1, 0.15) is 5.56 Å². The number of carbonyl (C=O) groups excluding carboxylic acids is 1. The molecule has 1 fully saturated rings. The molecule has 1 saturated heterocycles. The summed E-state index contributed by atoms with van der Waals surface area (Å²) >= 11 is 1.66. The van der Waals surface area contributed by atoms with Gasteiger partial charge < -0.3 is 20.8 Å². The Labute approximate surface area is 179 Å². The number of carbonyl (C=O) groups is 1. The maximum Gasteiger partial charge on any atom is 0.227 e. The first-order valence-electron chi connectivity index (χ1n) is 9.22. The Bertz CT molecular complexity index is 973. The second-order valence-electron chi connectivity index (χ2n) is 6.92. The van der Waals surface area contributed by atoms with Crippen LogP contribution in [0.3, 0.4) is 0 Å². The summed E-state index contributed by atoms with van der Waals surface area (Å²) in [5.74, 6) is 1.06. The largest absolute Gasteiger partial charge is 0.412 e. The number of nitrogens with zero attached hydrogens (tertiary/aromatic N) is 7. The van der Waals surface area contributed by atoms with E-state index in [0.717, 1.165) is 35.0 Å². The van der Waals surface area contributed by atoms with Crippen LogP contribution in [0.2, 0.25) is 0 Å². The Kier molecular flexibility index (Phi) is 8.12. The summed E-state index contributed by atoms with van der Waals surface area (Å²) in [6, 6.07) is 12.1. The molecular formula is C19H27N7O3S. The third-order valence-electron chi connectivity index (χ3n) is 4.65. The second-order valence-corrected chi connectivity index (χ2v) is 8.31. The molecule has 162 valence electrons. The van der Waals surface area contributed by atoms with Crippen molar-refractivity contribution in [1.29, 1.82) is 0 Å². The highest BCUT2D eigenvalue weighted by Gasteiger charge is 2.22. The van der Waals surface area contributed by atoms with E-state index in [2.05, 4.69) is 32.3 Å². The maximum absolute atomic E-state index is 12.7. The van der Waals surface area contributed by atoms with E-state index in [4.69, 9.17) is 0 Å². The fourth-order valence-electron chi connectivity index (χ4n) is 3.28. The Hall–Kier alpha value is -2.73. The number of hydrogen-bond donors (Lipinski definition) is 0. The Morgan fingerprint density at radius 2 is 1.87 bits per heavy atom. The van der Waals surface area contributed by atoms with Gasteiger partial charge in [-0.05, 0) is 55.9 Å². The van der Waals surface area contributed by atoms with Gasteiger partial charge in [-0.3, -0.25) is 9.10 Å². The second kappa shape index (κ2) is 10.3. The molecule has 1 aromatic carbocycles. The molecule has 1 aliphatic heterocycles. The summed E-state index contributed by atoms with van der Waals surface area (Å²) in [6.45, 7) is 2.94. The molecule has 1 aliphatic rings. The van der Waals surface area contributed by atoms with Crippen molar-refractivity contribution in [2.24, 2.45) is 0 Å². The van der Waals surface area contributed by atoms with E-state index in [9.17, 15) is 4.79 Å². The van der Waals surface area contributed by atoms with E-state index in [-0.39, 0.29) is 16.9 Å². The van der Waals surface area contributed by atoms with Crippen LogP contribution in [0.4, 0.5) is 5.82 Å². The lowest BCUT2D eigenvalue weighted by atomic mass is 10.1. The first-order valence-corrected chi connectivity index (χ1v) is 10.00. The molecule has 0 saturated carbocycles. The van der Waals surface area contributed by atoms with Crippen molar-refractivity contribution in [1.82, 2.24) is 29.0 Å². The molecule has 2 aromatic heterocycles. The van der Waals surface area contributed by atoms with Gasteiger partial charge in [0.25, 0.3) is 0 Å². The van der Waals surface area contributed by atoms with Crippen molar-refractivity contribution in [2.45, 2.75) is 11.3 Å². The van der Waals surface area contributed by atoms with E-state index in [1.54, 1.807) is 22.8 Å². The SMILES string of the molecule is CN(C)Sc1cccc(CC(=O)N2CCN(c3ccc4nncn4n3)CC2)c1.O.O. The molecule has 0 radical (unpaired) electrons. The number of benzene rings is 1. The molecule has 10 nitrogen and oxygen atoms in total. The van der Waals surface area contributed by atoms with Gasteiger partial charge in [0.2, 0.25) is 5.91 Å². The Morgan fingerprint density at radius 3 is 2.60 bits per heavy atom. The molecule has 4 N–H and O–H groups in total. The van der Waals surface area contributed by atoms with E-state index >= 15 is 0 Å². The van der Waals surface area contributed by atoms with Gasteiger partial charge >= 0.3 is 0 Å². The number of piperazine rings is 1. The number of fused-ring (bicyclic) bond motifs is 1. The van der Waals surface area contributed by atoms with E-state index in [1.165, 1.54) is 0 Å². The molecule has 30 heavy (non-hydrogen) atoms. The predicted octanol–water partition coefficient (Wildman–Crippen LogP) is -0.0651. The highest BCUT2D eigenvalue weighted by atomic mass is 32.2. The first kappa shape index (κ1) is 23.5. The van der Waals surface area contributed by atoms with Gasteiger partial charge in [-0.2, -0.15) is 4.52 Å². The van der Waals surface area contributed by atoms with Gasteiger partial charge in [0.15, 0.2) is 5.65 Å². The van der Waals surface area contributed by atoms with Crippen LogP contribution in [-0.4, -0.2) is 86.2 Å². The van der Waals surface area contributed by atoms with Crippen molar-refractivity contribution in [3.05, 3.63) is 48.3 Å². The van der Waals surface area contributed by atoms with Gasteiger partial charge in [0.1, 0.15) is 12.1 Å². The average molecular weight is 434 g/mol. The van der Waals surface area contributed by atoms with Crippen LogP contribution >= 0.6 is 11.9 Å². The number of rotatable bonds is 5. The standard InChI is InChI=1S/C19H23N7OS.2H2O/c1-23(2)28-16-5-3-4-15(12-16)13-19(27)25-10-8-24(9-11-25)18-7-6-17-21-20-14-26(17)22-18;;/h3-7,12,14H,8-11,13H2,1-2H3;2*1H2. The topological polar surface area (TPSA) is 133 Å². The molecule has 0 spiro atoms. The molecule has 4 rings (SSSR count). The first-order chi connectivity index (χ1) is 13.6. The molecular weight excluding hydrogens is 406 g/mol. The van der Waals surface area contributed by atoms with Gasteiger partial charge in [-0.15, -0.1) is 15.3 Å². The minimum absolute atomic E-state index is 0. The summed E-state index contributed by atoms with van der Waals surface area (Å²) in [5, 5.41) is 12.4. The minimum atomic E-state index is 0. The van der Waals surface area contributed by atoms with Crippen LogP contribution < -0.4 is 4.90 Å². The highest BCUT2D eigenvalue weighted by molar-refractivity contribution is 7.97. The third kappa shape index (κ3) is 5.45. The van der Waals surface area contributed by atoms with Gasteiger partial charge in [0.05, 0.1) is 6.42 Å². The lowest BCUT2D eigenvalue weighted by molar-refractivity contribution is -0.130. The van der Waals surface area contributed by atoms with Crippen molar-refractivity contribution in [3.63, 3.8) is 0 Å². The van der Waals surface area contributed by atoms with Crippen LogP contribution in [0.25, 0.3) is 5.65 Å². The van der Waals surface area contributed by atoms with Crippen molar-refractivity contribution in [3.8, 4) is 0 Å². The average Bonchev–Trinajstić information content (AvgIpc) is 3.15. The minimum Gasteiger partial charge on any atom is -0.412 e. The van der Waals surface area contributed by atoms with Gasteiger partial charge in [0, 0.05) is 31.1 Å². The predicted molar refractivity (Wildman–Crippen MR) is 116 cm³/mol. The zero-order chi connectivity index (χ0) is 19.5. The number of hydrogen-bond acceptors (Lipinski definition) is 7. The Morgan fingerprint density at radius 1 is 1.10 bits per heavy atom. The lowest BCUT2D eigenvalue weighted by Gasteiger charge is -2.35. The quantitative estimate of drug-likeness (QED) is 0.515. The molecule has 1 amide bonds. The summed E-state index contributed by atoms with van der Waals surface area (Å²) in [7, 11) is 4.02. The fourth-order valence-corrected chi connectivity index (χ4v) is 4.05. The molecule has 0 atom stereocenters. The monoisotopic (exact) mass is 433 g/mol. The van der Waals surface area contributed by atoms with Crippen LogP contribution in [0.5, 0.6) is 0 Å². The fraction of sp³-hybridized carbons (Fsp3) is 0.368. The molecule has 0 unspecified atom stereocenters. The normalized spacial score (nSPS) is 13.8. The number of amides is 1. The smallest absolute Gasteiger partial charge is 0.227 e.